The Balaban J connectivity index is 1.31. The van der Waals surface area contributed by atoms with Gasteiger partial charge >= 0.3 is 5.69 Å². The summed E-state index contributed by atoms with van der Waals surface area (Å²) in [6, 6.07) is 5.55. The molecular formula is C22H24N6O3. The summed E-state index contributed by atoms with van der Waals surface area (Å²) >= 11 is 0. The summed E-state index contributed by atoms with van der Waals surface area (Å²) in [5.74, 6) is 1.31. The van der Waals surface area contributed by atoms with E-state index >= 15 is 0 Å². The number of pyridine rings is 2. The highest BCUT2D eigenvalue weighted by Crippen LogP contribution is 2.52. The normalized spacial score (nSPS) is 19.4. The van der Waals surface area contributed by atoms with Crippen LogP contribution in [0.2, 0.25) is 0 Å². The number of anilines is 2. The minimum absolute atomic E-state index is 0.0382. The number of aromatic nitrogens is 4. The highest BCUT2D eigenvalue weighted by molar-refractivity contribution is 5.95. The van der Waals surface area contributed by atoms with Crippen molar-refractivity contribution in [3.63, 3.8) is 0 Å². The van der Waals surface area contributed by atoms with Crippen molar-refractivity contribution in [3.05, 3.63) is 46.6 Å². The van der Waals surface area contributed by atoms with E-state index in [-0.39, 0.29) is 11.6 Å². The van der Waals surface area contributed by atoms with Gasteiger partial charge in [-0.15, -0.1) is 0 Å². The zero-order valence-electron chi connectivity index (χ0n) is 17.5. The Hall–Kier alpha value is -3.36. The Kier molecular flexibility index (Phi) is 3.90. The summed E-state index contributed by atoms with van der Waals surface area (Å²) in [5, 5.41) is 4.27. The summed E-state index contributed by atoms with van der Waals surface area (Å²) < 4.78 is 8.69. The van der Waals surface area contributed by atoms with E-state index in [0.29, 0.717) is 41.3 Å². The number of likely N-dealkylation sites (tertiary alicyclic amines) is 1. The summed E-state index contributed by atoms with van der Waals surface area (Å²) in [7, 11) is 1.63. The lowest BCUT2D eigenvalue weighted by atomic mass is 9.94. The van der Waals surface area contributed by atoms with E-state index in [1.165, 1.54) is 28.3 Å². The van der Waals surface area contributed by atoms with Crippen LogP contribution >= 0.6 is 0 Å². The van der Waals surface area contributed by atoms with Crippen LogP contribution in [-0.4, -0.2) is 56.2 Å². The van der Waals surface area contributed by atoms with Gasteiger partial charge in [0.15, 0.2) is 17.2 Å². The van der Waals surface area contributed by atoms with Crippen LogP contribution < -0.4 is 15.3 Å². The monoisotopic (exact) mass is 420 g/mol. The second-order valence-electron chi connectivity index (χ2n) is 8.90. The number of hydrogen-bond acceptors (Lipinski definition) is 6. The molecule has 9 nitrogen and oxygen atoms in total. The third-order valence-corrected chi connectivity index (χ3v) is 6.78. The molecule has 1 aliphatic carbocycles. The van der Waals surface area contributed by atoms with Gasteiger partial charge in [0, 0.05) is 44.3 Å². The number of aryl methyl sites for hydroxylation is 1. The van der Waals surface area contributed by atoms with Crippen molar-refractivity contribution in [2.45, 2.75) is 25.7 Å². The summed E-state index contributed by atoms with van der Waals surface area (Å²) in [5.41, 5.74) is 2.22. The predicted molar refractivity (Wildman–Crippen MR) is 114 cm³/mol. The topological polar surface area (TPSA) is 85.0 Å². The number of piperidine rings is 1. The average molecular weight is 420 g/mol. The molecule has 1 spiro atoms. The van der Waals surface area contributed by atoms with Crippen molar-refractivity contribution in [3.8, 4) is 5.75 Å². The van der Waals surface area contributed by atoms with E-state index in [1.54, 1.807) is 19.4 Å². The van der Waals surface area contributed by atoms with Gasteiger partial charge in [-0.25, -0.2) is 14.5 Å². The first kappa shape index (κ1) is 18.4. The summed E-state index contributed by atoms with van der Waals surface area (Å²) in [4.78, 5) is 33.8. The van der Waals surface area contributed by atoms with E-state index in [4.69, 9.17) is 4.74 Å². The highest BCUT2D eigenvalue weighted by atomic mass is 16.5. The summed E-state index contributed by atoms with van der Waals surface area (Å²) in [6.45, 7) is 2.78. The van der Waals surface area contributed by atoms with Gasteiger partial charge in [-0.1, -0.05) is 0 Å². The van der Waals surface area contributed by atoms with Crippen LogP contribution in [0, 0.1) is 5.41 Å². The molecule has 5 heterocycles. The minimum Gasteiger partial charge on any atom is -0.488 e. The summed E-state index contributed by atoms with van der Waals surface area (Å²) in [6.07, 6.45) is 8.17. The Bertz CT molecular complexity index is 1260. The fourth-order valence-corrected chi connectivity index (χ4v) is 4.85. The lowest BCUT2D eigenvalue weighted by Crippen LogP contribution is -2.41. The molecule has 0 aromatic carbocycles. The third kappa shape index (κ3) is 2.98. The number of nitrogens with zero attached hydrogens (tertiary/aromatic N) is 6. The van der Waals surface area contributed by atoms with E-state index < -0.39 is 0 Å². The minimum atomic E-state index is -0.184. The van der Waals surface area contributed by atoms with Crippen LogP contribution in [0.1, 0.15) is 36.0 Å². The second kappa shape index (κ2) is 6.57. The third-order valence-electron chi connectivity index (χ3n) is 6.78. The largest absolute Gasteiger partial charge is 0.488 e. The molecule has 2 fully saturated rings. The number of ether oxygens (including phenoxy) is 1. The van der Waals surface area contributed by atoms with Crippen LogP contribution in [0.3, 0.4) is 0 Å². The van der Waals surface area contributed by atoms with Crippen LogP contribution in [0.15, 0.2) is 35.4 Å². The Morgan fingerprint density at radius 3 is 2.90 bits per heavy atom. The van der Waals surface area contributed by atoms with Crippen molar-refractivity contribution < 1.29 is 9.53 Å². The quantitative estimate of drug-likeness (QED) is 0.630. The maximum atomic E-state index is 13.1. The van der Waals surface area contributed by atoms with Gasteiger partial charge in [-0.05, 0) is 43.2 Å². The van der Waals surface area contributed by atoms with Crippen molar-refractivity contribution in [2.75, 3.05) is 31.1 Å². The number of hydrogen-bond donors (Lipinski definition) is 0. The lowest BCUT2D eigenvalue weighted by molar-refractivity contribution is 0.0653. The fraction of sp³-hybridized carbons (Fsp3) is 0.455. The standard InChI is InChI=1S/C22H24N6O3/c1-25-21(30)28-8-3-16(12-18(28)24-25)27-9-10-31-17-11-15(13-23-19(17)27)20(29)26-7-2-4-22(14-26)5-6-22/h3,8,11-13H,2,4-7,9-10,14H2,1H3. The molecule has 0 atom stereocenters. The molecule has 1 amide bonds. The zero-order chi connectivity index (χ0) is 21.2. The molecule has 0 N–H and O–H groups in total. The molecule has 9 heteroatoms. The number of amides is 1. The van der Waals surface area contributed by atoms with Gasteiger partial charge in [-0.3, -0.25) is 9.20 Å². The molecule has 0 radical (unpaired) electrons. The molecule has 0 unspecified atom stereocenters. The van der Waals surface area contributed by atoms with E-state index in [2.05, 4.69) is 10.1 Å². The van der Waals surface area contributed by atoms with Gasteiger partial charge in [0.2, 0.25) is 0 Å². The van der Waals surface area contributed by atoms with Crippen molar-refractivity contribution >= 4 is 23.1 Å². The SMILES string of the molecule is Cn1nc2cc(N3CCOc4cc(C(=O)N5CCCC6(CC6)C5)cnc43)ccn2c1=O. The predicted octanol–water partition coefficient (Wildman–Crippen LogP) is 1.97. The molecule has 3 aromatic heterocycles. The highest BCUT2D eigenvalue weighted by Gasteiger charge is 2.46. The number of rotatable bonds is 2. The molecule has 31 heavy (non-hydrogen) atoms. The molecule has 2 aliphatic heterocycles. The molecular weight excluding hydrogens is 396 g/mol. The van der Waals surface area contributed by atoms with E-state index in [9.17, 15) is 9.59 Å². The lowest BCUT2D eigenvalue weighted by Gasteiger charge is -2.33. The maximum Gasteiger partial charge on any atom is 0.350 e. The first-order chi connectivity index (χ1) is 15.0. The van der Waals surface area contributed by atoms with Crippen molar-refractivity contribution in [2.24, 2.45) is 12.5 Å². The van der Waals surface area contributed by atoms with E-state index in [0.717, 1.165) is 25.2 Å². The van der Waals surface area contributed by atoms with Crippen molar-refractivity contribution in [1.82, 2.24) is 24.1 Å². The van der Waals surface area contributed by atoms with Gasteiger partial charge in [0.25, 0.3) is 5.91 Å². The van der Waals surface area contributed by atoms with E-state index in [1.807, 2.05) is 28.0 Å². The van der Waals surface area contributed by atoms with Crippen molar-refractivity contribution in [1.29, 1.82) is 0 Å². The smallest absolute Gasteiger partial charge is 0.350 e. The number of carbonyl (C=O) groups excluding carboxylic acids is 1. The van der Waals surface area contributed by atoms with Gasteiger partial charge in [0.1, 0.15) is 6.61 Å². The maximum absolute atomic E-state index is 13.1. The molecule has 1 saturated heterocycles. The Labute approximate surface area is 178 Å². The molecule has 6 rings (SSSR count). The molecule has 160 valence electrons. The Morgan fingerprint density at radius 2 is 2.06 bits per heavy atom. The fourth-order valence-electron chi connectivity index (χ4n) is 4.85. The first-order valence-electron chi connectivity index (χ1n) is 10.8. The van der Waals surface area contributed by atoms with Crippen LogP contribution in [0.5, 0.6) is 5.75 Å². The molecule has 1 saturated carbocycles. The Morgan fingerprint density at radius 1 is 1.19 bits per heavy atom. The molecule has 3 aromatic rings. The average Bonchev–Trinajstić information content (AvgIpc) is 3.48. The van der Waals surface area contributed by atoms with Crippen LogP contribution in [0.4, 0.5) is 11.5 Å². The number of fused-ring (bicyclic) bond motifs is 2. The van der Waals surface area contributed by atoms with Crippen LogP contribution in [-0.2, 0) is 7.05 Å². The van der Waals surface area contributed by atoms with Crippen LogP contribution in [0.25, 0.3) is 5.65 Å². The molecule has 0 bridgehead atoms. The van der Waals surface area contributed by atoms with Gasteiger partial charge in [0.05, 0.1) is 12.1 Å². The van der Waals surface area contributed by atoms with Gasteiger partial charge < -0.3 is 14.5 Å². The zero-order valence-corrected chi connectivity index (χ0v) is 17.5. The number of carbonyl (C=O) groups is 1. The van der Waals surface area contributed by atoms with Gasteiger partial charge in [-0.2, -0.15) is 5.10 Å². The molecule has 3 aliphatic rings. The second-order valence-corrected chi connectivity index (χ2v) is 8.90. The first-order valence-corrected chi connectivity index (χ1v) is 10.8.